The lowest BCUT2D eigenvalue weighted by Crippen LogP contribution is -2.11. The van der Waals surface area contributed by atoms with Crippen LogP contribution in [0.3, 0.4) is 0 Å². The molecule has 4 N–H and O–H groups in total. The van der Waals surface area contributed by atoms with Gasteiger partial charge in [-0.25, -0.2) is 4.98 Å². The van der Waals surface area contributed by atoms with Crippen LogP contribution in [0.2, 0.25) is 0 Å². The van der Waals surface area contributed by atoms with Crippen LogP contribution in [-0.4, -0.2) is 48.5 Å². The van der Waals surface area contributed by atoms with Crippen molar-refractivity contribution in [2.75, 3.05) is 44.5 Å². The molecular formula is C29H42N4O4. The fourth-order valence-electron chi connectivity index (χ4n) is 3.56. The second-order valence-electron chi connectivity index (χ2n) is 8.47. The van der Waals surface area contributed by atoms with E-state index in [9.17, 15) is 0 Å². The normalized spacial score (nSPS) is 10.4. The van der Waals surface area contributed by atoms with Gasteiger partial charge < -0.3 is 30.4 Å². The van der Waals surface area contributed by atoms with Gasteiger partial charge in [0.25, 0.3) is 0 Å². The van der Waals surface area contributed by atoms with Crippen LogP contribution in [0.4, 0.5) is 11.8 Å². The molecule has 3 aromatic rings. The number of aliphatic hydroxyl groups excluding tert-OH is 1. The number of aromatic nitrogens is 2. The summed E-state index contributed by atoms with van der Waals surface area (Å²) in [6, 6.07) is 15.9. The van der Waals surface area contributed by atoms with E-state index >= 15 is 0 Å². The third-order valence-corrected chi connectivity index (χ3v) is 5.57. The maximum atomic E-state index is 8.87. The SMILES string of the molecule is CCCCNc1nc(N)nc(C)c1Cc1ccc(OCCCO)cc1OC.CCOCc1ccccc1. The number of nitrogens with zero attached hydrogens (tertiary/aromatic N) is 2. The van der Waals surface area contributed by atoms with Crippen LogP contribution in [-0.2, 0) is 17.8 Å². The first kappa shape index (κ1) is 29.9. The molecule has 0 saturated carbocycles. The van der Waals surface area contributed by atoms with Crippen LogP contribution in [0.5, 0.6) is 11.5 Å². The molecule has 0 unspecified atom stereocenters. The molecule has 1 heterocycles. The minimum Gasteiger partial charge on any atom is -0.496 e. The zero-order valence-corrected chi connectivity index (χ0v) is 22.6. The summed E-state index contributed by atoms with van der Waals surface area (Å²) < 4.78 is 16.4. The van der Waals surface area contributed by atoms with Gasteiger partial charge in [-0.05, 0) is 37.5 Å². The number of hydrogen-bond donors (Lipinski definition) is 3. The standard InChI is InChI=1S/C20H30N4O3.C9H12O/c1-4-5-9-22-19-17(14(2)23-20(21)24-19)12-15-7-8-16(13-18(15)26-3)27-11-6-10-25;1-2-10-8-9-6-4-3-5-7-9/h7-8,13,25H,4-6,9-12H2,1-3H3,(H3,21,22,23,24);3-7H,2,8H2,1H3. The van der Waals surface area contributed by atoms with Gasteiger partial charge in [0, 0.05) is 49.9 Å². The highest BCUT2D eigenvalue weighted by Crippen LogP contribution is 2.30. The molecule has 1 aromatic heterocycles. The van der Waals surface area contributed by atoms with Gasteiger partial charge in [0.15, 0.2) is 0 Å². The van der Waals surface area contributed by atoms with Crippen molar-refractivity contribution < 1.29 is 19.3 Å². The molecule has 0 aliphatic carbocycles. The van der Waals surface area contributed by atoms with E-state index in [1.54, 1.807) is 7.11 Å². The zero-order valence-electron chi connectivity index (χ0n) is 22.6. The predicted octanol–water partition coefficient (Wildman–Crippen LogP) is 5.16. The predicted molar refractivity (Wildman–Crippen MR) is 149 cm³/mol. The third-order valence-electron chi connectivity index (χ3n) is 5.57. The van der Waals surface area contributed by atoms with Crippen molar-refractivity contribution in [2.24, 2.45) is 0 Å². The molecule has 0 fully saturated rings. The van der Waals surface area contributed by atoms with Crippen LogP contribution in [0.15, 0.2) is 48.5 Å². The summed E-state index contributed by atoms with van der Waals surface area (Å²) in [7, 11) is 1.64. The van der Waals surface area contributed by atoms with Crippen LogP contribution in [0.1, 0.15) is 55.5 Å². The van der Waals surface area contributed by atoms with Gasteiger partial charge >= 0.3 is 0 Å². The number of aryl methyl sites for hydroxylation is 1. The fourth-order valence-corrected chi connectivity index (χ4v) is 3.56. The van der Waals surface area contributed by atoms with Crippen molar-refractivity contribution in [3.63, 3.8) is 0 Å². The first-order valence-electron chi connectivity index (χ1n) is 12.9. The fraction of sp³-hybridized carbons (Fsp3) is 0.448. The molecule has 0 spiro atoms. The van der Waals surface area contributed by atoms with Crippen LogP contribution in [0.25, 0.3) is 0 Å². The number of anilines is 2. The van der Waals surface area contributed by atoms with Crippen LogP contribution < -0.4 is 20.5 Å². The first-order valence-corrected chi connectivity index (χ1v) is 12.9. The highest BCUT2D eigenvalue weighted by atomic mass is 16.5. The van der Waals surface area contributed by atoms with Crippen LogP contribution >= 0.6 is 0 Å². The molecule has 2 aromatic carbocycles. The molecule has 8 heteroatoms. The second-order valence-corrected chi connectivity index (χ2v) is 8.47. The van der Waals surface area contributed by atoms with E-state index in [-0.39, 0.29) is 12.6 Å². The number of nitrogens with one attached hydrogen (secondary N) is 1. The minimum atomic E-state index is 0.111. The summed E-state index contributed by atoms with van der Waals surface area (Å²) in [5.74, 6) is 2.51. The van der Waals surface area contributed by atoms with Gasteiger partial charge in [-0.15, -0.1) is 0 Å². The number of rotatable bonds is 14. The largest absolute Gasteiger partial charge is 0.496 e. The van der Waals surface area contributed by atoms with Crippen molar-refractivity contribution in [2.45, 2.75) is 53.1 Å². The Morgan fingerprint density at radius 3 is 2.49 bits per heavy atom. The molecule has 0 radical (unpaired) electrons. The number of aliphatic hydroxyl groups is 1. The Bertz CT molecular complexity index is 1050. The number of hydrogen-bond acceptors (Lipinski definition) is 8. The van der Waals surface area contributed by atoms with Crippen LogP contribution in [0, 0.1) is 6.92 Å². The maximum Gasteiger partial charge on any atom is 0.222 e. The van der Waals surface area contributed by atoms with E-state index in [1.807, 2.05) is 50.2 Å². The highest BCUT2D eigenvalue weighted by Gasteiger charge is 2.14. The van der Waals surface area contributed by atoms with Gasteiger partial charge in [-0.1, -0.05) is 49.7 Å². The number of ether oxygens (including phenoxy) is 3. The summed E-state index contributed by atoms with van der Waals surface area (Å²) in [5.41, 5.74) is 9.96. The Balaban J connectivity index is 0.000000402. The quantitative estimate of drug-likeness (QED) is 0.255. The number of methoxy groups -OCH3 is 1. The zero-order chi connectivity index (χ0) is 26.9. The van der Waals surface area contributed by atoms with Crippen molar-refractivity contribution >= 4 is 11.8 Å². The second kappa shape index (κ2) is 17.2. The topological polar surface area (TPSA) is 112 Å². The summed E-state index contributed by atoms with van der Waals surface area (Å²) in [6.07, 6.45) is 3.39. The smallest absolute Gasteiger partial charge is 0.222 e. The van der Waals surface area contributed by atoms with Gasteiger partial charge in [-0.3, -0.25) is 0 Å². The third kappa shape index (κ3) is 10.7. The van der Waals surface area contributed by atoms with Crippen molar-refractivity contribution in [3.8, 4) is 11.5 Å². The van der Waals surface area contributed by atoms with Gasteiger partial charge in [0.2, 0.25) is 5.95 Å². The number of nitrogen functional groups attached to an aromatic ring is 1. The first-order chi connectivity index (χ1) is 18.0. The van der Waals surface area contributed by atoms with Crippen molar-refractivity contribution in [3.05, 3.63) is 70.9 Å². The Morgan fingerprint density at radius 2 is 1.81 bits per heavy atom. The van der Waals surface area contributed by atoms with E-state index in [1.165, 1.54) is 5.56 Å². The molecule has 0 amide bonds. The summed E-state index contributed by atoms with van der Waals surface area (Å²) in [4.78, 5) is 8.71. The molecule has 0 aliphatic heterocycles. The van der Waals surface area contributed by atoms with Gasteiger partial charge in [0.1, 0.15) is 17.3 Å². The number of unbranched alkanes of at least 4 members (excludes halogenated alkanes) is 1. The number of nitrogens with two attached hydrogens (primary N) is 1. The average Bonchev–Trinajstić information content (AvgIpc) is 2.91. The molecule has 3 rings (SSSR count). The highest BCUT2D eigenvalue weighted by molar-refractivity contribution is 5.53. The number of benzene rings is 2. The van der Waals surface area contributed by atoms with E-state index in [0.29, 0.717) is 19.4 Å². The lowest BCUT2D eigenvalue weighted by atomic mass is 10.0. The van der Waals surface area contributed by atoms with Crippen molar-refractivity contribution in [1.29, 1.82) is 0 Å². The Hall–Kier alpha value is -3.36. The molecule has 0 saturated heterocycles. The van der Waals surface area contributed by atoms with Crippen molar-refractivity contribution in [1.82, 2.24) is 9.97 Å². The lowest BCUT2D eigenvalue weighted by Gasteiger charge is -2.16. The molecule has 202 valence electrons. The molecule has 0 bridgehead atoms. The summed E-state index contributed by atoms with van der Waals surface area (Å²) >= 11 is 0. The summed E-state index contributed by atoms with van der Waals surface area (Å²) in [6.45, 7) is 9.03. The molecule has 0 atom stereocenters. The Labute approximate surface area is 221 Å². The molecule has 8 nitrogen and oxygen atoms in total. The van der Waals surface area contributed by atoms with E-state index in [4.69, 9.17) is 25.1 Å². The average molecular weight is 511 g/mol. The van der Waals surface area contributed by atoms with Gasteiger partial charge in [0.05, 0.1) is 20.3 Å². The Kier molecular flexibility index (Phi) is 13.9. The van der Waals surface area contributed by atoms with E-state index in [0.717, 1.165) is 66.7 Å². The lowest BCUT2D eigenvalue weighted by molar-refractivity contribution is 0.134. The van der Waals surface area contributed by atoms with Gasteiger partial charge in [-0.2, -0.15) is 4.98 Å². The van der Waals surface area contributed by atoms with E-state index < -0.39 is 0 Å². The van der Waals surface area contributed by atoms with E-state index in [2.05, 4.69) is 34.3 Å². The molecule has 0 aliphatic rings. The molecular weight excluding hydrogens is 468 g/mol. The Morgan fingerprint density at radius 1 is 1.03 bits per heavy atom. The molecule has 37 heavy (non-hydrogen) atoms. The monoisotopic (exact) mass is 510 g/mol. The minimum absolute atomic E-state index is 0.111. The maximum absolute atomic E-state index is 8.87. The summed E-state index contributed by atoms with van der Waals surface area (Å²) in [5, 5.41) is 12.2.